The van der Waals surface area contributed by atoms with Crippen molar-refractivity contribution < 1.29 is 4.79 Å². The number of carbonyl (C=O) groups excluding carboxylic acids is 1. The summed E-state index contributed by atoms with van der Waals surface area (Å²) in [5, 5.41) is 0. The van der Waals surface area contributed by atoms with Crippen molar-refractivity contribution in [2.45, 2.75) is 25.3 Å². The Hall–Kier alpha value is -2.40. The minimum Gasteiger partial charge on any atom is -0.340 e. The maximum atomic E-state index is 12.4. The lowest BCUT2D eigenvalue weighted by Crippen LogP contribution is -2.32. The van der Waals surface area contributed by atoms with Crippen LogP contribution in [0.4, 0.5) is 0 Å². The predicted octanol–water partition coefficient (Wildman–Crippen LogP) is 2.09. The summed E-state index contributed by atoms with van der Waals surface area (Å²) < 4.78 is 1.98. The van der Waals surface area contributed by atoms with Gasteiger partial charge in [-0.25, -0.2) is 4.98 Å². The van der Waals surface area contributed by atoms with E-state index in [2.05, 4.69) is 36.2 Å². The molecule has 5 nitrogen and oxygen atoms in total. The molecule has 0 radical (unpaired) electrons. The molecule has 1 aliphatic heterocycles. The zero-order valence-corrected chi connectivity index (χ0v) is 14.2. The summed E-state index contributed by atoms with van der Waals surface area (Å²) in [6.45, 7) is 3.30. The lowest BCUT2D eigenvalue weighted by Gasteiger charge is -2.15. The number of nitrogens with zero attached hydrogens (tertiary/aromatic N) is 3. The van der Waals surface area contributed by atoms with E-state index >= 15 is 0 Å². The monoisotopic (exact) mass is 324 g/mol. The molecule has 2 aromatic rings. The van der Waals surface area contributed by atoms with Gasteiger partial charge in [0.2, 0.25) is 5.91 Å². The molecule has 1 aromatic heterocycles. The molecule has 24 heavy (non-hydrogen) atoms. The maximum Gasteiger partial charge on any atom is 0.226 e. The molecule has 5 heteroatoms. The fourth-order valence-corrected chi connectivity index (χ4v) is 3.14. The summed E-state index contributed by atoms with van der Waals surface area (Å²) in [7, 11) is 1.96. The first-order valence-electron chi connectivity index (χ1n) is 8.28. The smallest absolute Gasteiger partial charge is 0.226 e. The quantitative estimate of drug-likeness (QED) is 0.936. The third-order valence-electron chi connectivity index (χ3n) is 4.59. The molecular formula is C19H24N4O. The Morgan fingerprint density at radius 1 is 1.33 bits per heavy atom. The van der Waals surface area contributed by atoms with Crippen molar-refractivity contribution in [3.05, 3.63) is 59.7 Å². The van der Waals surface area contributed by atoms with Gasteiger partial charge in [0.1, 0.15) is 5.82 Å². The van der Waals surface area contributed by atoms with Crippen LogP contribution in [0.25, 0.3) is 6.08 Å². The number of aromatic nitrogens is 2. The van der Waals surface area contributed by atoms with Gasteiger partial charge in [-0.15, -0.1) is 0 Å². The summed E-state index contributed by atoms with van der Waals surface area (Å²) in [5.41, 5.74) is 8.58. The first-order chi connectivity index (χ1) is 11.5. The fourth-order valence-electron chi connectivity index (χ4n) is 3.14. The first kappa shape index (κ1) is 16.5. The van der Waals surface area contributed by atoms with Crippen LogP contribution >= 0.6 is 0 Å². The number of imidazole rings is 1. The number of rotatable bonds is 4. The minimum atomic E-state index is -0.0591. The first-order valence-corrected chi connectivity index (χ1v) is 8.28. The van der Waals surface area contributed by atoms with Crippen LogP contribution in [0.15, 0.2) is 42.7 Å². The highest BCUT2D eigenvalue weighted by molar-refractivity contribution is 5.79. The fraction of sp³-hybridized carbons (Fsp3) is 0.368. The summed E-state index contributed by atoms with van der Waals surface area (Å²) in [4.78, 5) is 18.7. The molecule has 0 saturated carbocycles. The Bertz CT molecular complexity index is 732. The summed E-state index contributed by atoms with van der Waals surface area (Å²) in [6, 6.07) is 8.19. The molecule has 2 N–H and O–H groups in total. The second kappa shape index (κ2) is 7.01. The van der Waals surface area contributed by atoms with Crippen LogP contribution in [0.1, 0.15) is 29.3 Å². The van der Waals surface area contributed by atoms with Gasteiger partial charge in [0, 0.05) is 45.0 Å². The van der Waals surface area contributed by atoms with E-state index in [9.17, 15) is 4.79 Å². The van der Waals surface area contributed by atoms with Gasteiger partial charge in [0.25, 0.3) is 0 Å². The van der Waals surface area contributed by atoms with E-state index < -0.39 is 0 Å². The van der Waals surface area contributed by atoms with Crippen molar-refractivity contribution in [1.82, 2.24) is 14.5 Å². The van der Waals surface area contributed by atoms with Crippen LogP contribution in [0.3, 0.4) is 0 Å². The molecule has 1 aromatic carbocycles. The van der Waals surface area contributed by atoms with E-state index in [0.29, 0.717) is 19.5 Å². The molecule has 1 saturated heterocycles. The Labute approximate surface area is 142 Å². The third kappa shape index (κ3) is 3.57. The largest absolute Gasteiger partial charge is 0.340 e. The lowest BCUT2D eigenvalue weighted by atomic mass is 10.0. The highest BCUT2D eigenvalue weighted by atomic mass is 16.2. The van der Waals surface area contributed by atoms with E-state index in [1.165, 1.54) is 5.56 Å². The van der Waals surface area contributed by atoms with Crippen LogP contribution in [0.5, 0.6) is 0 Å². The van der Waals surface area contributed by atoms with Gasteiger partial charge in [0.15, 0.2) is 0 Å². The van der Waals surface area contributed by atoms with Crippen LogP contribution in [-0.4, -0.2) is 39.5 Å². The molecule has 0 aliphatic carbocycles. The molecule has 0 unspecified atom stereocenters. The number of hydrogen-bond donors (Lipinski definition) is 1. The number of likely N-dealkylation sites (tertiary alicyclic amines) is 1. The Kier molecular flexibility index (Phi) is 4.81. The van der Waals surface area contributed by atoms with E-state index in [-0.39, 0.29) is 17.9 Å². The van der Waals surface area contributed by atoms with Crippen LogP contribution in [0, 0.1) is 6.92 Å². The number of nitrogens with two attached hydrogens (primary N) is 1. The highest BCUT2D eigenvalue weighted by Gasteiger charge is 2.35. The Morgan fingerprint density at radius 2 is 2.08 bits per heavy atom. The topological polar surface area (TPSA) is 64.2 Å². The second-order valence-corrected chi connectivity index (χ2v) is 6.48. The van der Waals surface area contributed by atoms with Crippen molar-refractivity contribution in [3.63, 3.8) is 0 Å². The summed E-state index contributed by atoms with van der Waals surface area (Å²) >= 11 is 0. The zero-order chi connectivity index (χ0) is 17.1. The van der Waals surface area contributed by atoms with Gasteiger partial charge in [-0.3, -0.25) is 4.79 Å². The number of hydrogen-bond acceptors (Lipinski definition) is 3. The number of benzene rings is 1. The molecular weight excluding hydrogens is 300 g/mol. The average molecular weight is 324 g/mol. The van der Waals surface area contributed by atoms with Crippen molar-refractivity contribution in [3.8, 4) is 0 Å². The van der Waals surface area contributed by atoms with Crippen molar-refractivity contribution in [2.75, 3.05) is 13.1 Å². The molecule has 0 bridgehead atoms. The summed E-state index contributed by atoms with van der Waals surface area (Å²) in [5.74, 6) is 1.17. The molecule has 1 fully saturated rings. The molecule has 3 rings (SSSR count). The van der Waals surface area contributed by atoms with E-state index in [1.54, 1.807) is 6.20 Å². The lowest BCUT2D eigenvalue weighted by molar-refractivity contribution is -0.129. The number of amides is 1. The third-order valence-corrected chi connectivity index (χ3v) is 4.59. The number of carbonyl (C=O) groups is 1. The number of aryl methyl sites for hydroxylation is 2. The molecule has 2 atom stereocenters. The molecule has 2 heterocycles. The Balaban J connectivity index is 1.58. The van der Waals surface area contributed by atoms with Crippen LogP contribution in [0.2, 0.25) is 0 Å². The standard InChI is InChI=1S/C19H24N4O/c1-14-6-8-15(9-7-14)4-3-5-18(24)23-12-16(17(20)13-23)19-21-10-11-22(19)2/h3-4,6-11,16-17H,5,12-13,20H2,1-2H3/b4-3+/t16-,17-/m1/s1. The predicted molar refractivity (Wildman–Crippen MR) is 95.3 cm³/mol. The van der Waals surface area contributed by atoms with Crippen molar-refractivity contribution >= 4 is 12.0 Å². The SMILES string of the molecule is Cc1ccc(/C=C/CC(=O)N2C[C@@H](N)[C@H](c3nccn3C)C2)cc1. The van der Waals surface area contributed by atoms with Crippen LogP contribution in [-0.2, 0) is 11.8 Å². The normalized spacial score (nSPS) is 20.9. The van der Waals surface area contributed by atoms with E-state index in [1.807, 2.05) is 34.9 Å². The van der Waals surface area contributed by atoms with Gasteiger partial charge < -0.3 is 15.2 Å². The van der Waals surface area contributed by atoms with E-state index in [0.717, 1.165) is 11.4 Å². The van der Waals surface area contributed by atoms with Gasteiger partial charge in [0.05, 0.1) is 5.92 Å². The molecule has 126 valence electrons. The van der Waals surface area contributed by atoms with Crippen molar-refractivity contribution in [1.29, 1.82) is 0 Å². The van der Waals surface area contributed by atoms with Crippen molar-refractivity contribution in [2.24, 2.45) is 12.8 Å². The zero-order valence-electron chi connectivity index (χ0n) is 14.2. The minimum absolute atomic E-state index is 0.0591. The van der Waals surface area contributed by atoms with Gasteiger partial charge in [-0.2, -0.15) is 0 Å². The van der Waals surface area contributed by atoms with Gasteiger partial charge in [-0.05, 0) is 12.5 Å². The molecule has 1 aliphatic rings. The van der Waals surface area contributed by atoms with E-state index in [4.69, 9.17) is 5.73 Å². The average Bonchev–Trinajstić information content (AvgIpc) is 3.14. The summed E-state index contributed by atoms with van der Waals surface area (Å²) in [6.07, 6.45) is 8.00. The Morgan fingerprint density at radius 3 is 2.75 bits per heavy atom. The highest BCUT2D eigenvalue weighted by Crippen LogP contribution is 2.25. The van der Waals surface area contributed by atoms with Gasteiger partial charge in [-0.1, -0.05) is 42.0 Å². The second-order valence-electron chi connectivity index (χ2n) is 6.48. The molecule has 0 spiro atoms. The molecule has 1 amide bonds. The van der Waals surface area contributed by atoms with Crippen LogP contribution < -0.4 is 5.73 Å². The maximum absolute atomic E-state index is 12.4. The van der Waals surface area contributed by atoms with Gasteiger partial charge >= 0.3 is 0 Å².